The minimum Gasteiger partial charge on any atom is -0.346 e. The van der Waals surface area contributed by atoms with E-state index in [1.54, 1.807) is 48.5 Å². The summed E-state index contributed by atoms with van der Waals surface area (Å²) < 4.78 is 26.0. The van der Waals surface area contributed by atoms with Gasteiger partial charge < -0.3 is 5.32 Å². The Balaban J connectivity index is 1.70. The van der Waals surface area contributed by atoms with Crippen LogP contribution in [0.1, 0.15) is 60.8 Å². The van der Waals surface area contributed by atoms with Gasteiger partial charge in [-0.1, -0.05) is 74.8 Å². The van der Waals surface area contributed by atoms with Gasteiger partial charge in [0.15, 0.2) is 0 Å². The van der Waals surface area contributed by atoms with E-state index in [1.165, 1.54) is 9.87 Å². The van der Waals surface area contributed by atoms with Gasteiger partial charge in [-0.2, -0.15) is 0 Å². The van der Waals surface area contributed by atoms with Crippen molar-refractivity contribution in [2.45, 2.75) is 45.7 Å². The molecule has 0 radical (unpaired) electrons. The van der Waals surface area contributed by atoms with Crippen molar-refractivity contribution in [3.8, 4) is 0 Å². The molecule has 0 heterocycles. The molecule has 0 aromatic heterocycles. The van der Waals surface area contributed by atoms with E-state index in [0.29, 0.717) is 16.3 Å². The maximum atomic E-state index is 12.8. The minimum atomic E-state index is -3.52. The molecule has 3 aromatic rings. The van der Waals surface area contributed by atoms with Gasteiger partial charge in [0.25, 0.3) is 5.91 Å². The number of anilines is 1. The first-order chi connectivity index (χ1) is 15.8. The van der Waals surface area contributed by atoms with Crippen molar-refractivity contribution in [1.82, 2.24) is 5.32 Å². The Labute approximate surface area is 207 Å². The number of nitrogens with zero attached hydrogens (tertiary/aromatic N) is 1. The molecule has 5 nitrogen and oxygen atoms in total. The molecule has 3 aromatic carbocycles. The monoisotopic (exact) mass is 498 g/mol. The van der Waals surface area contributed by atoms with Crippen LogP contribution in [0.2, 0.25) is 5.02 Å². The molecular weight excluding hydrogens is 468 g/mol. The molecule has 0 unspecified atom stereocenters. The second kappa shape index (κ2) is 10.2. The maximum Gasteiger partial charge on any atom is 0.251 e. The normalized spacial score (nSPS) is 12.8. The average molecular weight is 499 g/mol. The van der Waals surface area contributed by atoms with E-state index < -0.39 is 10.0 Å². The van der Waals surface area contributed by atoms with Gasteiger partial charge in [-0.05, 0) is 59.4 Å². The van der Waals surface area contributed by atoms with E-state index in [2.05, 4.69) is 38.2 Å². The van der Waals surface area contributed by atoms with Gasteiger partial charge in [0.1, 0.15) is 0 Å². The summed E-state index contributed by atoms with van der Waals surface area (Å²) in [6, 6.07) is 21.8. The third kappa shape index (κ3) is 6.61. The van der Waals surface area contributed by atoms with E-state index in [9.17, 15) is 13.2 Å². The molecule has 0 aliphatic rings. The summed E-state index contributed by atoms with van der Waals surface area (Å²) in [4.78, 5) is 12.8. The lowest BCUT2D eigenvalue weighted by Gasteiger charge is -2.23. The first kappa shape index (κ1) is 25.8. The van der Waals surface area contributed by atoms with E-state index in [1.807, 2.05) is 19.1 Å². The Morgan fingerprint density at radius 2 is 1.62 bits per heavy atom. The number of amides is 1. The average Bonchev–Trinajstić information content (AvgIpc) is 2.76. The zero-order valence-corrected chi connectivity index (χ0v) is 21.7. The Morgan fingerprint density at radius 3 is 2.15 bits per heavy atom. The summed E-state index contributed by atoms with van der Waals surface area (Å²) in [5.74, 6) is -0.186. The van der Waals surface area contributed by atoms with Crippen LogP contribution < -0.4 is 9.62 Å². The van der Waals surface area contributed by atoms with Gasteiger partial charge >= 0.3 is 0 Å². The second-order valence-corrected chi connectivity index (χ2v) is 11.9. The topological polar surface area (TPSA) is 66.5 Å². The SMILES string of the molecule is C[C@@H](NC(=O)c1ccc(CN(c2cccc(Cl)c2)S(C)(=O)=O)cc1)c1ccc(C(C)(C)C)cc1. The van der Waals surface area contributed by atoms with Crippen molar-refractivity contribution in [2.75, 3.05) is 10.6 Å². The predicted molar refractivity (Wildman–Crippen MR) is 140 cm³/mol. The summed E-state index contributed by atoms with van der Waals surface area (Å²) in [7, 11) is -3.52. The van der Waals surface area contributed by atoms with E-state index in [-0.39, 0.29) is 23.9 Å². The number of hydrogen-bond acceptors (Lipinski definition) is 3. The zero-order valence-electron chi connectivity index (χ0n) is 20.2. The van der Waals surface area contributed by atoms with Crippen LogP contribution in [0.4, 0.5) is 5.69 Å². The number of benzene rings is 3. The molecule has 0 saturated heterocycles. The molecule has 0 spiro atoms. The van der Waals surface area contributed by atoms with Crippen LogP contribution in [-0.2, 0) is 22.0 Å². The molecule has 0 aliphatic heterocycles. The molecule has 0 saturated carbocycles. The third-order valence-corrected chi connectivity index (χ3v) is 7.04. The number of carbonyl (C=O) groups excluding carboxylic acids is 1. The highest BCUT2D eigenvalue weighted by Gasteiger charge is 2.19. The molecule has 180 valence electrons. The van der Waals surface area contributed by atoms with Gasteiger partial charge in [-0.15, -0.1) is 0 Å². The van der Waals surface area contributed by atoms with Crippen LogP contribution in [0.15, 0.2) is 72.8 Å². The van der Waals surface area contributed by atoms with Crippen molar-refractivity contribution in [1.29, 1.82) is 0 Å². The van der Waals surface area contributed by atoms with E-state index in [4.69, 9.17) is 11.6 Å². The van der Waals surface area contributed by atoms with Crippen molar-refractivity contribution >= 4 is 33.2 Å². The smallest absolute Gasteiger partial charge is 0.251 e. The maximum absolute atomic E-state index is 12.8. The van der Waals surface area contributed by atoms with Crippen LogP contribution in [0, 0.1) is 0 Å². The van der Waals surface area contributed by atoms with E-state index in [0.717, 1.165) is 17.4 Å². The summed E-state index contributed by atoms with van der Waals surface area (Å²) in [5.41, 5.74) is 4.10. The molecule has 1 atom stereocenters. The molecule has 0 fully saturated rings. The molecular formula is C27H31ClN2O3S. The number of halogens is 1. The quantitative estimate of drug-likeness (QED) is 0.428. The molecule has 0 aliphatic carbocycles. The van der Waals surface area contributed by atoms with Crippen molar-refractivity contribution in [3.05, 3.63) is 100 Å². The van der Waals surface area contributed by atoms with Crippen LogP contribution in [0.3, 0.4) is 0 Å². The predicted octanol–water partition coefficient (Wildman–Crippen LogP) is 6.09. The van der Waals surface area contributed by atoms with Gasteiger partial charge in [-0.25, -0.2) is 8.42 Å². The second-order valence-electron chi connectivity index (χ2n) is 9.51. The van der Waals surface area contributed by atoms with Crippen LogP contribution in [0.5, 0.6) is 0 Å². The summed E-state index contributed by atoms with van der Waals surface area (Å²) in [6.45, 7) is 8.59. The summed E-state index contributed by atoms with van der Waals surface area (Å²) >= 11 is 6.04. The fourth-order valence-corrected chi connectivity index (χ4v) is 4.66. The summed E-state index contributed by atoms with van der Waals surface area (Å²) in [5, 5.41) is 3.49. The lowest BCUT2D eigenvalue weighted by Crippen LogP contribution is -2.29. The van der Waals surface area contributed by atoms with Gasteiger partial charge in [0.2, 0.25) is 10.0 Å². The van der Waals surface area contributed by atoms with Gasteiger partial charge in [-0.3, -0.25) is 9.10 Å². The summed E-state index contributed by atoms with van der Waals surface area (Å²) in [6.07, 6.45) is 1.16. The third-order valence-electron chi connectivity index (χ3n) is 5.66. The van der Waals surface area contributed by atoms with Crippen LogP contribution >= 0.6 is 11.6 Å². The molecule has 1 amide bonds. The van der Waals surface area contributed by atoms with Crippen LogP contribution in [-0.4, -0.2) is 20.6 Å². The highest BCUT2D eigenvalue weighted by Crippen LogP contribution is 2.25. The lowest BCUT2D eigenvalue weighted by atomic mass is 9.86. The first-order valence-corrected chi connectivity index (χ1v) is 13.3. The number of carbonyl (C=O) groups is 1. The Bertz CT molecular complexity index is 1250. The number of sulfonamides is 1. The van der Waals surface area contributed by atoms with Crippen LogP contribution in [0.25, 0.3) is 0 Å². The molecule has 0 bridgehead atoms. The van der Waals surface area contributed by atoms with Gasteiger partial charge in [0.05, 0.1) is 24.5 Å². The van der Waals surface area contributed by atoms with Crippen molar-refractivity contribution in [3.63, 3.8) is 0 Å². The first-order valence-electron chi connectivity index (χ1n) is 11.1. The Morgan fingerprint density at radius 1 is 1.00 bits per heavy atom. The minimum absolute atomic E-state index is 0.0756. The largest absolute Gasteiger partial charge is 0.346 e. The zero-order chi connectivity index (χ0) is 25.1. The highest BCUT2D eigenvalue weighted by molar-refractivity contribution is 7.92. The van der Waals surface area contributed by atoms with Crippen molar-refractivity contribution < 1.29 is 13.2 Å². The Hall–Kier alpha value is -2.83. The standard InChI is InChI=1S/C27H31ClN2O3S/c1-19(21-13-15-23(16-14-21)27(2,3)4)29-26(31)22-11-9-20(10-12-22)18-30(34(5,32)33)25-8-6-7-24(28)17-25/h6-17,19H,18H2,1-5H3,(H,29,31)/t19-/m1/s1. The number of nitrogens with one attached hydrogen (secondary N) is 1. The van der Waals surface area contributed by atoms with E-state index >= 15 is 0 Å². The molecule has 7 heteroatoms. The molecule has 1 N–H and O–H groups in total. The van der Waals surface area contributed by atoms with Crippen molar-refractivity contribution in [2.24, 2.45) is 0 Å². The van der Waals surface area contributed by atoms with Gasteiger partial charge in [0, 0.05) is 10.6 Å². The number of hydrogen-bond donors (Lipinski definition) is 1. The molecule has 3 rings (SSSR count). The Kier molecular flexibility index (Phi) is 7.74. The fraction of sp³-hybridized carbons (Fsp3) is 0.296. The highest BCUT2D eigenvalue weighted by atomic mass is 35.5. The fourth-order valence-electron chi connectivity index (χ4n) is 3.59. The molecule has 34 heavy (non-hydrogen) atoms. The lowest BCUT2D eigenvalue weighted by molar-refractivity contribution is 0.0940. The number of rotatable bonds is 7.